The molecule has 3 N–H and O–H groups in total. The molecule has 0 saturated carbocycles. The summed E-state index contributed by atoms with van der Waals surface area (Å²) in [5.74, 6) is -0.0101. The summed E-state index contributed by atoms with van der Waals surface area (Å²) in [5, 5.41) is 11.3. The van der Waals surface area contributed by atoms with E-state index in [4.69, 9.17) is 10.00 Å². The maximum atomic E-state index is 11.8. The number of carbonyl (C=O) groups excluding carboxylic acids is 2. The van der Waals surface area contributed by atoms with Crippen LogP contribution in [0.1, 0.15) is 32.3 Å². The quantitative estimate of drug-likeness (QED) is 0.546. The van der Waals surface area contributed by atoms with Crippen molar-refractivity contribution in [1.29, 1.82) is 5.26 Å². The molecule has 0 aliphatic carbocycles. The highest BCUT2D eigenvalue weighted by Gasteiger charge is 2.15. The zero-order valence-electron chi connectivity index (χ0n) is 12.7. The number of hydrogen-bond donors (Lipinski definition) is 3. The summed E-state index contributed by atoms with van der Waals surface area (Å²) in [6, 6.07) is 7.93. The molecular weight excluding hydrogens is 284 g/mol. The van der Waals surface area contributed by atoms with Gasteiger partial charge in [0.05, 0.1) is 11.6 Å². The van der Waals surface area contributed by atoms with Crippen LogP contribution in [0.2, 0.25) is 0 Å². The van der Waals surface area contributed by atoms with Crippen LogP contribution in [0.4, 0.5) is 4.79 Å². The maximum absolute atomic E-state index is 11.8. The standard InChI is InChI=1S/C15H20N4O3/c1-3-4-9-17-15(21)19-18-14(20)11(2)22-13-7-5-12(10-16)6-8-13/h5-8,11H,3-4,9H2,1-2H3,(H,18,20)(H2,17,19,21). The molecule has 1 rings (SSSR count). The Bertz CT molecular complexity index is 537. The third kappa shape index (κ3) is 6.13. The van der Waals surface area contributed by atoms with Gasteiger partial charge in [-0.3, -0.25) is 10.2 Å². The number of urea groups is 1. The molecule has 1 aromatic rings. The average molecular weight is 304 g/mol. The van der Waals surface area contributed by atoms with Crippen molar-refractivity contribution in [2.75, 3.05) is 6.54 Å². The number of hydrazine groups is 1. The van der Waals surface area contributed by atoms with E-state index in [0.29, 0.717) is 17.9 Å². The van der Waals surface area contributed by atoms with E-state index in [1.807, 2.05) is 13.0 Å². The highest BCUT2D eigenvalue weighted by atomic mass is 16.5. The summed E-state index contributed by atoms with van der Waals surface area (Å²) >= 11 is 0. The minimum absolute atomic E-state index is 0.465. The molecule has 0 aromatic heterocycles. The van der Waals surface area contributed by atoms with Crippen LogP contribution < -0.4 is 20.9 Å². The third-order valence-corrected chi connectivity index (χ3v) is 2.78. The molecule has 0 bridgehead atoms. The van der Waals surface area contributed by atoms with Crippen molar-refractivity contribution in [3.05, 3.63) is 29.8 Å². The van der Waals surface area contributed by atoms with E-state index < -0.39 is 18.0 Å². The van der Waals surface area contributed by atoms with E-state index in [-0.39, 0.29) is 0 Å². The molecule has 0 heterocycles. The van der Waals surface area contributed by atoms with Gasteiger partial charge in [-0.2, -0.15) is 5.26 Å². The SMILES string of the molecule is CCCCNC(=O)NNC(=O)C(C)Oc1ccc(C#N)cc1. The average Bonchev–Trinajstić information content (AvgIpc) is 2.53. The minimum atomic E-state index is -0.788. The molecule has 0 saturated heterocycles. The molecule has 1 unspecified atom stereocenters. The number of nitriles is 1. The molecule has 1 aromatic carbocycles. The number of carbonyl (C=O) groups is 2. The van der Waals surface area contributed by atoms with E-state index in [1.165, 1.54) is 0 Å². The van der Waals surface area contributed by atoms with Gasteiger partial charge in [0.1, 0.15) is 5.75 Å². The molecule has 1 atom stereocenters. The lowest BCUT2D eigenvalue weighted by atomic mass is 10.2. The second-order valence-electron chi connectivity index (χ2n) is 4.62. The molecule has 0 spiro atoms. The summed E-state index contributed by atoms with van der Waals surface area (Å²) in [6.45, 7) is 4.13. The number of amides is 3. The fraction of sp³-hybridized carbons (Fsp3) is 0.400. The second kappa shape index (κ2) is 9.23. The fourth-order valence-corrected chi connectivity index (χ4v) is 1.51. The summed E-state index contributed by atoms with van der Waals surface area (Å²) < 4.78 is 5.41. The van der Waals surface area contributed by atoms with Crippen molar-refractivity contribution in [2.45, 2.75) is 32.8 Å². The Kier molecular flexibility index (Phi) is 7.26. The number of nitrogens with zero attached hydrogens (tertiary/aromatic N) is 1. The van der Waals surface area contributed by atoms with Crippen LogP contribution in [-0.2, 0) is 4.79 Å². The maximum Gasteiger partial charge on any atom is 0.333 e. The number of ether oxygens (including phenoxy) is 1. The summed E-state index contributed by atoms with van der Waals surface area (Å²) in [4.78, 5) is 23.1. The van der Waals surface area contributed by atoms with Crippen molar-refractivity contribution in [3.8, 4) is 11.8 Å². The Labute approximate surface area is 129 Å². The molecule has 0 fully saturated rings. The normalized spacial score (nSPS) is 11.0. The number of hydrogen-bond acceptors (Lipinski definition) is 4. The Morgan fingerprint density at radius 1 is 1.27 bits per heavy atom. The highest BCUT2D eigenvalue weighted by Crippen LogP contribution is 2.13. The molecular formula is C15H20N4O3. The Morgan fingerprint density at radius 2 is 1.95 bits per heavy atom. The lowest BCUT2D eigenvalue weighted by molar-refractivity contribution is -0.128. The molecule has 7 heteroatoms. The van der Waals surface area contributed by atoms with E-state index in [2.05, 4.69) is 16.2 Å². The van der Waals surface area contributed by atoms with Crippen LogP contribution in [0.15, 0.2) is 24.3 Å². The van der Waals surface area contributed by atoms with Crippen LogP contribution in [0.3, 0.4) is 0 Å². The van der Waals surface area contributed by atoms with Crippen LogP contribution >= 0.6 is 0 Å². The second-order valence-corrected chi connectivity index (χ2v) is 4.62. The van der Waals surface area contributed by atoms with Crippen molar-refractivity contribution >= 4 is 11.9 Å². The zero-order chi connectivity index (χ0) is 16.4. The fourth-order valence-electron chi connectivity index (χ4n) is 1.51. The van der Waals surface area contributed by atoms with Gasteiger partial charge in [0, 0.05) is 6.54 Å². The summed E-state index contributed by atoms with van der Waals surface area (Å²) in [5.41, 5.74) is 5.04. The van der Waals surface area contributed by atoms with E-state index in [0.717, 1.165) is 12.8 Å². The first-order valence-corrected chi connectivity index (χ1v) is 7.07. The van der Waals surface area contributed by atoms with Crippen molar-refractivity contribution in [1.82, 2.24) is 16.2 Å². The first-order chi connectivity index (χ1) is 10.6. The monoisotopic (exact) mass is 304 g/mol. The predicted molar refractivity (Wildman–Crippen MR) is 80.8 cm³/mol. The van der Waals surface area contributed by atoms with Crippen molar-refractivity contribution in [3.63, 3.8) is 0 Å². The molecule has 118 valence electrons. The minimum Gasteiger partial charge on any atom is -0.481 e. The highest BCUT2D eigenvalue weighted by molar-refractivity contribution is 5.84. The number of benzene rings is 1. The van der Waals surface area contributed by atoms with Gasteiger partial charge in [0.15, 0.2) is 6.10 Å². The van der Waals surface area contributed by atoms with E-state index >= 15 is 0 Å². The van der Waals surface area contributed by atoms with Crippen LogP contribution in [-0.4, -0.2) is 24.6 Å². The van der Waals surface area contributed by atoms with Gasteiger partial charge in [-0.25, -0.2) is 10.2 Å². The first kappa shape index (κ1) is 17.3. The van der Waals surface area contributed by atoms with E-state index in [9.17, 15) is 9.59 Å². The van der Waals surface area contributed by atoms with E-state index in [1.54, 1.807) is 31.2 Å². The van der Waals surface area contributed by atoms with Crippen LogP contribution in [0, 0.1) is 11.3 Å². The Balaban J connectivity index is 2.35. The van der Waals surface area contributed by atoms with Gasteiger partial charge in [-0.1, -0.05) is 13.3 Å². The Hall–Kier alpha value is -2.75. The zero-order valence-corrected chi connectivity index (χ0v) is 12.7. The number of rotatable bonds is 6. The third-order valence-electron chi connectivity index (χ3n) is 2.78. The van der Waals surface area contributed by atoms with Gasteiger partial charge in [-0.15, -0.1) is 0 Å². The molecule has 22 heavy (non-hydrogen) atoms. The van der Waals surface area contributed by atoms with Crippen molar-refractivity contribution < 1.29 is 14.3 Å². The first-order valence-electron chi connectivity index (χ1n) is 7.07. The van der Waals surface area contributed by atoms with Gasteiger partial charge in [-0.05, 0) is 37.6 Å². The lowest BCUT2D eigenvalue weighted by Gasteiger charge is -2.15. The van der Waals surface area contributed by atoms with Gasteiger partial charge < -0.3 is 10.1 Å². The topological polar surface area (TPSA) is 103 Å². The number of unbranched alkanes of at least 4 members (excludes halogenated alkanes) is 1. The van der Waals surface area contributed by atoms with Gasteiger partial charge in [0.2, 0.25) is 0 Å². The number of nitrogens with one attached hydrogen (secondary N) is 3. The summed E-state index contributed by atoms with van der Waals surface area (Å²) in [7, 11) is 0. The van der Waals surface area contributed by atoms with Crippen LogP contribution in [0.25, 0.3) is 0 Å². The molecule has 0 aliphatic heterocycles. The molecule has 3 amide bonds. The van der Waals surface area contributed by atoms with Gasteiger partial charge >= 0.3 is 6.03 Å². The Morgan fingerprint density at radius 3 is 2.55 bits per heavy atom. The summed E-state index contributed by atoms with van der Waals surface area (Å²) in [6.07, 6.45) is 1.06. The van der Waals surface area contributed by atoms with Crippen molar-refractivity contribution in [2.24, 2.45) is 0 Å². The van der Waals surface area contributed by atoms with Gasteiger partial charge in [0.25, 0.3) is 5.91 Å². The molecule has 0 radical (unpaired) electrons. The predicted octanol–water partition coefficient (Wildman–Crippen LogP) is 1.46. The molecule has 0 aliphatic rings. The molecule has 7 nitrogen and oxygen atoms in total. The smallest absolute Gasteiger partial charge is 0.333 e. The van der Waals surface area contributed by atoms with Crippen LogP contribution in [0.5, 0.6) is 5.75 Å². The lowest BCUT2D eigenvalue weighted by Crippen LogP contribution is -2.50. The largest absolute Gasteiger partial charge is 0.481 e.